The molecule has 0 saturated carbocycles. The van der Waals surface area contributed by atoms with Crippen molar-refractivity contribution in [2.45, 2.75) is 364 Å². The molecule has 1 heterocycles. The molecule has 8 N–H and O–H groups in total. The number of amides is 1. The van der Waals surface area contributed by atoms with E-state index in [0.717, 1.165) is 38.5 Å². The molecule has 9 atom stereocenters. The smallest absolute Gasteiger partial charge is 0.249 e. The number of carbonyl (C=O) groups is 1. The van der Waals surface area contributed by atoms with E-state index in [-0.39, 0.29) is 12.8 Å². The summed E-state index contributed by atoms with van der Waals surface area (Å²) in [7, 11) is 0. The average Bonchev–Trinajstić information content (AvgIpc) is 3.39. The van der Waals surface area contributed by atoms with E-state index in [4.69, 9.17) is 9.47 Å². The van der Waals surface area contributed by atoms with Crippen LogP contribution in [0.4, 0.5) is 0 Å². The average molecular weight is 1040 g/mol. The van der Waals surface area contributed by atoms with Gasteiger partial charge >= 0.3 is 0 Å². The maximum atomic E-state index is 13.2. The molecule has 0 spiro atoms. The van der Waals surface area contributed by atoms with E-state index < -0.39 is 74.2 Å². The van der Waals surface area contributed by atoms with Crippen molar-refractivity contribution in [3.05, 3.63) is 12.2 Å². The molecule has 434 valence electrons. The van der Waals surface area contributed by atoms with E-state index in [1.807, 2.05) is 0 Å². The van der Waals surface area contributed by atoms with Crippen molar-refractivity contribution in [3.8, 4) is 0 Å². The van der Waals surface area contributed by atoms with Gasteiger partial charge in [-0.15, -0.1) is 0 Å². The minimum atomic E-state index is -1.67. The van der Waals surface area contributed by atoms with E-state index in [2.05, 4.69) is 31.3 Å². The third-order valence-corrected chi connectivity index (χ3v) is 15.6. The molecular formula is C62H121NO10. The zero-order valence-electron chi connectivity index (χ0n) is 47.6. The molecular weight excluding hydrogens is 919 g/mol. The van der Waals surface area contributed by atoms with E-state index in [1.54, 1.807) is 0 Å². The molecule has 1 saturated heterocycles. The maximum absolute atomic E-state index is 13.2. The zero-order chi connectivity index (χ0) is 53.3. The van der Waals surface area contributed by atoms with Gasteiger partial charge in [-0.05, 0) is 38.5 Å². The first-order chi connectivity index (χ1) is 35.7. The zero-order valence-corrected chi connectivity index (χ0v) is 47.6. The molecule has 11 heteroatoms. The van der Waals surface area contributed by atoms with Crippen LogP contribution in [0.1, 0.15) is 309 Å². The summed E-state index contributed by atoms with van der Waals surface area (Å²) in [6, 6.07) is -1.18. The summed E-state index contributed by atoms with van der Waals surface area (Å²) >= 11 is 0. The van der Waals surface area contributed by atoms with Crippen LogP contribution in [0.25, 0.3) is 0 Å². The summed E-state index contributed by atoms with van der Waals surface area (Å²) in [6.07, 6.45) is 49.9. The summed E-state index contributed by atoms with van der Waals surface area (Å²) in [6.45, 7) is 3.49. The summed E-state index contributed by atoms with van der Waals surface area (Å²) in [5.41, 5.74) is 0. The second-order valence-electron chi connectivity index (χ2n) is 22.5. The normalized spacial score (nSPS) is 19.9. The van der Waals surface area contributed by atoms with Crippen molar-refractivity contribution < 1.29 is 50.0 Å². The predicted octanol–water partition coefficient (Wildman–Crippen LogP) is 13.9. The quantitative estimate of drug-likeness (QED) is 0.0215. The number of unbranched alkanes of at least 4 members (excludes halogenated alkanes) is 41. The van der Waals surface area contributed by atoms with E-state index in [9.17, 15) is 40.5 Å². The molecule has 1 amide bonds. The third kappa shape index (κ3) is 39.8. The number of hydrogen-bond donors (Lipinski definition) is 8. The first-order valence-corrected chi connectivity index (χ1v) is 31.6. The lowest BCUT2D eigenvalue weighted by Gasteiger charge is -2.40. The molecule has 1 fully saturated rings. The number of nitrogens with one attached hydrogen (secondary N) is 1. The van der Waals surface area contributed by atoms with Crippen LogP contribution in [-0.2, 0) is 14.3 Å². The first kappa shape index (κ1) is 69.9. The number of hydrogen-bond acceptors (Lipinski definition) is 10. The Balaban J connectivity index is 2.27. The fourth-order valence-electron chi connectivity index (χ4n) is 10.4. The Morgan fingerprint density at radius 1 is 0.466 bits per heavy atom. The van der Waals surface area contributed by atoms with Crippen molar-refractivity contribution >= 4 is 5.91 Å². The highest BCUT2D eigenvalue weighted by Gasteiger charge is 2.44. The van der Waals surface area contributed by atoms with Crippen LogP contribution in [0.15, 0.2) is 12.2 Å². The molecule has 1 aliphatic heterocycles. The Labute approximate surface area is 449 Å². The van der Waals surface area contributed by atoms with Crippen molar-refractivity contribution in [3.63, 3.8) is 0 Å². The van der Waals surface area contributed by atoms with Crippen LogP contribution < -0.4 is 5.32 Å². The van der Waals surface area contributed by atoms with Crippen LogP contribution in [0.3, 0.4) is 0 Å². The largest absolute Gasteiger partial charge is 0.394 e. The fraction of sp³-hybridized carbons (Fsp3) is 0.952. The summed E-state index contributed by atoms with van der Waals surface area (Å²) < 4.78 is 11.2. The molecule has 1 rings (SSSR count). The third-order valence-electron chi connectivity index (χ3n) is 15.6. The SMILES string of the molecule is CCCCCCCCCCCCCCCCCC/C=C/CCCC(O)C(O)C(COC1OC(CO)C(O)C(O)C1O)NC(=O)C(O)CCCCCCCCCCCCCCCCCCCCCCCCCCC. The fourth-order valence-corrected chi connectivity index (χ4v) is 10.4. The van der Waals surface area contributed by atoms with Gasteiger partial charge in [-0.1, -0.05) is 283 Å². The maximum Gasteiger partial charge on any atom is 0.249 e. The van der Waals surface area contributed by atoms with Crippen molar-refractivity contribution in [1.82, 2.24) is 5.32 Å². The van der Waals surface area contributed by atoms with Gasteiger partial charge in [0.25, 0.3) is 0 Å². The lowest BCUT2D eigenvalue weighted by molar-refractivity contribution is -0.303. The molecule has 11 nitrogen and oxygen atoms in total. The van der Waals surface area contributed by atoms with Gasteiger partial charge < -0.3 is 50.5 Å². The van der Waals surface area contributed by atoms with Crippen LogP contribution in [0.5, 0.6) is 0 Å². The Kier molecular flexibility index (Phi) is 49.4. The second-order valence-corrected chi connectivity index (χ2v) is 22.5. The van der Waals surface area contributed by atoms with Gasteiger partial charge in [-0.2, -0.15) is 0 Å². The number of aliphatic hydroxyl groups is 7. The van der Waals surface area contributed by atoms with Gasteiger partial charge in [-0.3, -0.25) is 4.79 Å². The summed E-state index contributed by atoms with van der Waals surface area (Å²) in [5.74, 6) is -0.699. The molecule has 0 aromatic carbocycles. The minimum absolute atomic E-state index is 0.260. The van der Waals surface area contributed by atoms with E-state index in [1.165, 1.54) is 231 Å². The lowest BCUT2D eigenvalue weighted by atomic mass is 9.98. The monoisotopic (exact) mass is 1040 g/mol. The van der Waals surface area contributed by atoms with Crippen molar-refractivity contribution in [1.29, 1.82) is 0 Å². The molecule has 0 bridgehead atoms. The number of ether oxygens (including phenoxy) is 2. The molecule has 0 aromatic rings. The minimum Gasteiger partial charge on any atom is -0.394 e. The van der Waals surface area contributed by atoms with Gasteiger partial charge in [0.05, 0.1) is 25.4 Å². The van der Waals surface area contributed by atoms with Crippen LogP contribution in [-0.4, -0.2) is 110 Å². The predicted molar refractivity (Wildman–Crippen MR) is 303 cm³/mol. The second kappa shape index (κ2) is 51.6. The Hall–Kier alpha value is -1.15. The van der Waals surface area contributed by atoms with Crippen molar-refractivity contribution in [2.24, 2.45) is 0 Å². The number of allylic oxidation sites excluding steroid dienone is 2. The molecule has 0 aliphatic carbocycles. The van der Waals surface area contributed by atoms with Crippen LogP contribution in [0.2, 0.25) is 0 Å². The Bertz CT molecular complexity index is 1190. The number of carbonyl (C=O) groups excluding carboxylic acids is 1. The lowest BCUT2D eigenvalue weighted by Crippen LogP contribution is -2.60. The standard InChI is InChI=1S/C62H121NO10/c1-3-5-7-9-11-13-15-17-19-21-23-25-26-27-28-30-32-34-36-38-40-42-44-46-48-50-55(66)61(71)63-53(52-72-62-60(70)59(69)58(68)56(51-64)73-62)57(67)54(65)49-47-45-43-41-39-37-35-33-31-29-24-22-20-18-16-14-12-10-8-6-4-2/h41,43,53-60,62,64-70H,3-40,42,44-52H2,1-2H3,(H,63,71)/b43-41+. The van der Waals surface area contributed by atoms with Gasteiger partial charge in [-0.25, -0.2) is 0 Å². The molecule has 1 aliphatic rings. The highest BCUT2D eigenvalue weighted by molar-refractivity contribution is 5.80. The van der Waals surface area contributed by atoms with Gasteiger partial charge in [0.2, 0.25) is 5.91 Å². The van der Waals surface area contributed by atoms with Gasteiger partial charge in [0.1, 0.15) is 36.6 Å². The van der Waals surface area contributed by atoms with E-state index >= 15 is 0 Å². The van der Waals surface area contributed by atoms with Crippen LogP contribution >= 0.6 is 0 Å². The molecule has 0 radical (unpaired) electrons. The van der Waals surface area contributed by atoms with Crippen molar-refractivity contribution in [2.75, 3.05) is 13.2 Å². The Morgan fingerprint density at radius 2 is 0.808 bits per heavy atom. The highest BCUT2D eigenvalue weighted by Crippen LogP contribution is 2.24. The molecule has 0 aromatic heterocycles. The van der Waals surface area contributed by atoms with Gasteiger partial charge in [0, 0.05) is 0 Å². The number of aliphatic hydroxyl groups excluding tert-OH is 7. The first-order valence-electron chi connectivity index (χ1n) is 31.6. The summed E-state index contributed by atoms with van der Waals surface area (Å²) in [4.78, 5) is 13.2. The highest BCUT2D eigenvalue weighted by atomic mass is 16.7. The molecule has 73 heavy (non-hydrogen) atoms. The van der Waals surface area contributed by atoms with Gasteiger partial charge in [0.15, 0.2) is 6.29 Å². The van der Waals surface area contributed by atoms with E-state index in [0.29, 0.717) is 12.8 Å². The Morgan fingerprint density at radius 3 is 1.18 bits per heavy atom. The molecule has 9 unspecified atom stereocenters. The topological polar surface area (TPSA) is 189 Å². The summed E-state index contributed by atoms with van der Waals surface area (Å²) in [5, 5.41) is 76.3. The number of rotatable bonds is 55. The van der Waals surface area contributed by atoms with Crippen LogP contribution in [0, 0.1) is 0 Å².